The molecule has 2 fully saturated rings. The van der Waals surface area contributed by atoms with Crippen LogP contribution in [0.5, 0.6) is 5.88 Å². The lowest BCUT2D eigenvalue weighted by Crippen LogP contribution is -2.35. The molecular formula is C32H36N6O2. The molecule has 0 spiro atoms. The molecule has 0 radical (unpaired) electrons. The Labute approximate surface area is 234 Å². The van der Waals surface area contributed by atoms with Gasteiger partial charge in [-0.2, -0.15) is 5.10 Å². The first-order valence-electron chi connectivity index (χ1n) is 14.4. The summed E-state index contributed by atoms with van der Waals surface area (Å²) in [4.78, 5) is 12.5. The predicted octanol–water partition coefficient (Wildman–Crippen LogP) is 5.44. The molecule has 4 aromatic heterocycles. The molecule has 0 aliphatic carbocycles. The first-order chi connectivity index (χ1) is 19.6. The van der Waals surface area contributed by atoms with Crippen molar-refractivity contribution in [2.75, 3.05) is 19.7 Å². The summed E-state index contributed by atoms with van der Waals surface area (Å²) >= 11 is 0. The van der Waals surface area contributed by atoms with Crippen molar-refractivity contribution in [1.82, 2.24) is 29.0 Å². The van der Waals surface area contributed by atoms with Crippen LogP contribution in [0.25, 0.3) is 16.6 Å². The third-order valence-corrected chi connectivity index (χ3v) is 8.37. The van der Waals surface area contributed by atoms with Gasteiger partial charge in [-0.05, 0) is 82.1 Å². The van der Waals surface area contributed by atoms with Gasteiger partial charge >= 0.3 is 0 Å². The van der Waals surface area contributed by atoms with Crippen LogP contribution in [0.1, 0.15) is 53.5 Å². The van der Waals surface area contributed by atoms with Gasteiger partial charge in [-0.25, -0.2) is 14.5 Å². The number of piperidine rings is 1. The van der Waals surface area contributed by atoms with Crippen LogP contribution in [0.2, 0.25) is 0 Å². The van der Waals surface area contributed by atoms with E-state index < -0.39 is 0 Å². The van der Waals surface area contributed by atoms with Crippen LogP contribution >= 0.6 is 0 Å². The molecule has 1 unspecified atom stereocenters. The molecule has 0 bridgehead atoms. The molecular weight excluding hydrogens is 500 g/mol. The zero-order valence-electron chi connectivity index (χ0n) is 23.3. The minimum Gasteiger partial charge on any atom is -0.473 e. The van der Waals surface area contributed by atoms with Gasteiger partial charge in [0, 0.05) is 36.0 Å². The van der Waals surface area contributed by atoms with Crippen molar-refractivity contribution in [3.63, 3.8) is 0 Å². The molecule has 1 atom stereocenters. The topological polar surface area (TPSA) is 69.7 Å². The van der Waals surface area contributed by atoms with E-state index in [-0.39, 0.29) is 0 Å². The summed E-state index contributed by atoms with van der Waals surface area (Å²) in [7, 11) is 0. The van der Waals surface area contributed by atoms with E-state index in [4.69, 9.17) is 19.4 Å². The number of rotatable bonds is 8. The molecule has 2 aliphatic rings. The lowest BCUT2D eigenvalue weighted by Gasteiger charge is -2.32. The smallest absolute Gasteiger partial charge is 0.213 e. The minimum atomic E-state index is 0.306. The van der Waals surface area contributed by atoms with Crippen molar-refractivity contribution < 1.29 is 9.47 Å². The van der Waals surface area contributed by atoms with E-state index in [1.165, 1.54) is 11.1 Å². The van der Waals surface area contributed by atoms with E-state index in [0.29, 0.717) is 24.5 Å². The number of hydrogen-bond acceptors (Lipinski definition) is 6. The molecule has 206 valence electrons. The molecule has 7 rings (SSSR count). The fourth-order valence-electron chi connectivity index (χ4n) is 6.03. The zero-order valence-corrected chi connectivity index (χ0v) is 23.3. The maximum absolute atomic E-state index is 6.15. The Kier molecular flexibility index (Phi) is 6.73. The standard InChI is InChI=1S/C32H36N6O2/c1-22-8-9-28-30(17-22)37(19-26-12-16-39-26)31(33-28)20-36-14-10-24(11-15-36)27-6-3-7-32(34-27)40-21-25-5-4-13-38-29(25)18-23(2)35-38/h3-9,13,17-18,24,26H,10-12,14-16,19-21H2,1-2H3. The van der Waals surface area contributed by atoms with Gasteiger partial charge in [0.15, 0.2) is 0 Å². The van der Waals surface area contributed by atoms with E-state index in [1.807, 2.05) is 29.8 Å². The third-order valence-electron chi connectivity index (χ3n) is 8.37. The number of imidazole rings is 1. The number of aryl methyl sites for hydroxylation is 2. The van der Waals surface area contributed by atoms with E-state index >= 15 is 0 Å². The summed E-state index contributed by atoms with van der Waals surface area (Å²) < 4.78 is 16.2. The maximum atomic E-state index is 6.15. The second-order valence-corrected chi connectivity index (χ2v) is 11.3. The van der Waals surface area contributed by atoms with Crippen LogP contribution in [0, 0.1) is 13.8 Å². The van der Waals surface area contributed by atoms with E-state index in [2.05, 4.69) is 64.0 Å². The maximum Gasteiger partial charge on any atom is 0.213 e. The number of pyridine rings is 2. The van der Waals surface area contributed by atoms with Crippen LogP contribution in [0.4, 0.5) is 0 Å². The second-order valence-electron chi connectivity index (χ2n) is 11.3. The summed E-state index contributed by atoms with van der Waals surface area (Å²) in [6.45, 7) is 9.31. The summed E-state index contributed by atoms with van der Waals surface area (Å²) in [5.74, 6) is 2.26. The summed E-state index contributed by atoms with van der Waals surface area (Å²) in [6.07, 6.45) is 5.56. The van der Waals surface area contributed by atoms with Crippen LogP contribution < -0.4 is 4.74 Å². The molecule has 0 amide bonds. The van der Waals surface area contributed by atoms with Gasteiger partial charge in [0.2, 0.25) is 5.88 Å². The lowest BCUT2D eigenvalue weighted by atomic mass is 9.93. The van der Waals surface area contributed by atoms with Crippen LogP contribution in [0.3, 0.4) is 0 Å². The molecule has 40 heavy (non-hydrogen) atoms. The van der Waals surface area contributed by atoms with E-state index in [9.17, 15) is 0 Å². The highest BCUT2D eigenvalue weighted by atomic mass is 16.5. The Bertz CT molecular complexity index is 1640. The van der Waals surface area contributed by atoms with Gasteiger partial charge in [0.05, 0.1) is 41.4 Å². The molecule has 8 nitrogen and oxygen atoms in total. The van der Waals surface area contributed by atoms with Crippen molar-refractivity contribution in [1.29, 1.82) is 0 Å². The Balaban J connectivity index is 1.00. The highest BCUT2D eigenvalue weighted by Gasteiger charge is 2.26. The Morgan fingerprint density at radius 1 is 0.950 bits per heavy atom. The monoisotopic (exact) mass is 536 g/mol. The zero-order chi connectivity index (χ0) is 27.1. The van der Waals surface area contributed by atoms with E-state index in [1.54, 1.807) is 0 Å². The summed E-state index contributed by atoms with van der Waals surface area (Å²) in [5, 5.41) is 4.51. The minimum absolute atomic E-state index is 0.306. The van der Waals surface area contributed by atoms with Crippen LogP contribution in [-0.4, -0.2) is 54.8 Å². The van der Waals surface area contributed by atoms with Gasteiger partial charge in [0.1, 0.15) is 12.4 Å². The number of aromatic nitrogens is 5. The predicted molar refractivity (Wildman–Crippen MR) is 155 cm³/mol. The normalized spacial score (nSPS) is 18.4. The summed E-state index contributed by atoms with van der Waals surface area (Å²) in [6, 6.07) is 18.9. The lowest BCUT2D eigenvalue weighted by molar-refractivity contribution is -0.0592. The molecule has 6 heterocycles. The molecule has 0 N–H and O–H groups in total. The SMILES string of the molecule is Cc1ccc2nc(CN3CCC(c4cccc(OCc5cccn6nc(C)cc56)n4)CC3)n(CC3CCO3)c2c1. The molecule has 1 aromatic carbocycles. The fraction of sp³-hybridized carbons (Fsp3) is 0.406. The Morgan fingerprint density at radius 3 is 2.65 bits per heavy atom. The van der Waals surface area contributed by atoms with Crippen LogP contribution in [0.15, 0.2) is 60.8 Å². The highest BCUT2D eigenvalue weighted by Crippen LogP contribution is 2.30. The molecule has 2 aliphatic heterocycles. The molecule has 5 aromatic rings. The average molecular weight is 537 g/mol. The first-order valence-corrected chi connectivity index (χ1v) is 14.4. The van der Waals surface area contributed by atoms with Crippen molar-refractivity contribution in [3.05, 3.63) is 89.1 Å². The Hall–Kier alpha value is -3.75. The van der Waals surface area contributed by atoms with Crippen molar-refractivity contribution in [2.24, 2.45) is 0 Å². The number of benzene rings is 1. The van der Waals surface area contributed by atoms with Gasteiger partial charge in [-0.1, -0.05) is 18.2 Å². The molecule has 2 saturated heterocycles. The number of likely N-dealkylation sites (tertiary alicyclic amines) is 1. The number of fused-ring (bicyclic) bond motifs is 2. The third kappa shape index (κ3) is 5.09. The second kappa shape index (κ2) is 10.7. The van der Waals surface area contributed by atoms with Gasteiger partial charge in [-0.3, -0.25) is 4.90 Å². The molecule has 0 saturated carbocycles. The molecule has 8 heteroatoms. The van der Waals surface area contributed by atoms with Crippen LogP contribution in [-0.2, 0) is 24.4 Å². The Morgan fingerprint density at radius 2 is 1.82 bits per heavy atom. The van der Waals surface area contributed by atoms with Gasteiger partial charge in [0.25, 0.3) is 0 Å². The van der Waals surface area contributed by atoms with Crippen molar-refractivity contribution in [2.45, 2.75) is 64.8 Å². The number of nitrogens with zero attached hydrogens (tertiary/aromatic N) is 6. The van der Waals surface area contributed by atoms with Crippen molar-refractivity contribution in [3.8, 4) is 5.88 Å². The fourth-order valence-corrected chi connectivity index (χ4v) is 6.03. The number of ether oxygens (including phenoxy) is 2. The number of hydrogen-bond donors (Lipinski definition) is 0. The quantitative estimate of drug-likeness (QED) is 0.263. The van der Waals surface area contributed by atoms with Gasteiger partial charge in [-0.15, -0.1) is 0 Å². The summed E-state index contributed by atoms with van der Waals surface area (Å²) in [5.41, 5.74) is 7.87. The van der Waals surface area contributed by atoms with E-state index in [0.717, 1.165) is 85.9 Å². The highest BCUT2D eigenvalue weighted by molar-refractivity contribution is 5.77. The average Bonchev–Trinajstić information content (AvgIpc) is 3.49. The largest absolute Gasteiger partial charge is 0.473 e. The first kappa shape index (κ1) is 25.2. The van der Waals surface area contributed by atoms with Gasteiger partial charge < -0.3 is 14.0 Å². The van der Waals surface area contributed by atoms with Crippen molar-refractivity contribution >= 4 is 16.6 Å².